The van der Waals surface area contributed by atoms with Crippen LogP contribution >= 0.6 is 11.3 Å². The highest BCUT2D eigenvalue weighted by Gasteiger charge is 2.14. The van der Waals surface area contributed by atoms with E-state index in [9.17, 15) is 0 Å². The fourth-order valence-electron chi connectivity index (χ4n) is 2.37. The van der Waals surface area contributed by atoms with Crippen LogP contribution in [0.1, 0.15) is 31.4 Å². The number of hydrogen-bond acceptors (Lipinski definition) is 4. The maximum Gasteiger partial charge on any atom is 0.119 e. The minimum Gasteiger partial charge on any atom is -0.491 e. The molecule has 0 saturated carbocycles. The second-order valence-electron chi connectivity index (χ2n) is 5.51. The molecule has 0 amide bonds. The highest BCUT2D eigenvalue weighted by Crippen LogP contribution is 2.19. The maximum atomic E-state index is 8.86. The number of aliphatic hydroxyl groups excluding tert-OH is 1. The van der Waals surface area contributed by atoms with Crippen LogP contribution in [0.5, 0.6) is 5.75 Å². The van der Waals surface area contributed by atoms with Gasteiger partial charge in [0.15, 0.2) is 0 Å². The standard InChI is InChI=1S/C18H25NO2S/c1-3-15(2)19(13-17-7-10-22-14-17)12-16-5-4-6-18(11-16)21-9-8-20/h4-7,10-11,14-15,20H,3,8-9,12-13H2,1-2H3. The largest absolute Gasteiger partial charge is 0.491 e. The third kappa shape index (κ3) is 5.13. The average molecular weight is 319 g/mol. The first-order valence-corrected chi connectivity index (χ1v) is 8.75. The molecule has 0 aliphatic carbocycles. The van der Waals surface area contributed by atoms with Crippen molar-refractivity contribution < 1.29 is 9.84 Å². The van der Waals surface area contributed by atoms with Crippen molar-refractivity contribution >= 4 is 11.3 Å². The Balaban J connectivity index is 2.05. The zero-order valence-corrected chi connectivity index (χ0v) is 14.2. The Bertz CT molecular complexity index is 542. The van der Waals surface area contributed by atoms with Gasteiger partial charge >= 0.3 is 0 Å². The number of rotatable bonds is 9. The SMILES string of the molecule is CCC(C)N(Cc1ccsc1)Cc1cccc(OCCO)c1. The first kappa shape index (κ1) is 17.0. The van der Waals surface area contributed by atoms with Gasteiger partial charge in [0.1, 0.15) is 12.4 Å². The van der Waals surface area contributed by atoms with Gasteiger partial charge in [0.25, 0.3) is 0 Å². The van der Waals surface area contributed by atoms with E-state index in [1.165, 1.54) is 11.1 Å². The normalized spacial score (nSPS) is 12.5. The highest BCUT2D eigenvalue weighted by atomic mass is 32.1. The van der Waals surface area contributed by atoms with E-state index >= 15 is 0 Å². The second kappa shape index (κ2) is 8.93. The summed E-state index contributed by atoms with van der Waals surface area (Å²) in [5, 5.41) is 13.2. The summed E-state index contributed by atoms with van der Waals surface area (Å²) in [5.74, 6) is 0.825. The molecule has 0 bridgehead atoms. The van der Waals surface area contributed by atoms with Gasteiger partial charge < -0.3 is 9.84 Å². The molecule has 0 aliphatic heterocycles. The van der Waals surface area contributed by atoms with Crippen LogP contribution < -0.4 is 4.74 Å². The highest BCUT2D eigenvalue weighted by molar-refractivity contribution is 7.07. The van der Waals surface area contributed by atoms with E-state index in [4.69, 9.17) is 9.84 Å². The van der Waals surface area contributed by atoms with Crippen LogP contribution in [0.25, 0.3) is 0 Å². The van der Waals surface area contributed by atoms with Crippen molar-refractivity contribution in [3.05, 3.63) is 52.2 Å². The van der Waals surface area contributed by atoms with Crippen molar-refractivity contribution in [2.75, 3.05) is 13.2 Å². The van der Waals surface area contributed by atoms with Crippen molar-refractivity contribution in [3.63, 3.8) is 0 Å². The summed E-state index contributed by atoms with van der Waals surface area (Å²) in [7, 11) is 0. The van der Waals surface area contributed by atoms with Crippen molar-refractivity contribution in [1.82, 2.24) is 4.90 Å². The number of benzene rings is 1. The number of nitrogens with zero attached hydrogens (tertiary/aromatic N) is 1. The summed E-state index contributed by atoms with van der Waals surface area (Å²) in [6.07, 6.45) is 1.13. The molecule has 120 valence electrons. The van der Waals surface area contributed by atoms with Crippen LogP contribution in [0.15, 0.2) is 41.1 Å². The summed E-state index contributed by atoms with van der Waals surface area (Å²) < 4.78 is 5.50. The first-order chi connectivity index (χ1) is 10.7. The minimum atomic E-state index is 0.0430. The van der Waals surface area contributed by atoms with Crippen molar-refractivity contribution in [2.45, 2.75) is 39.4 Å². The molecule has 0 aliphatic rings. The summed E-state index contributed by atoms with van der Waals surface area (Å²) in [6.45, 7) is 6.76. The molecule has 3 nitrogen and oxygen atoms in total. The Morgan fingerprint density at radius 1 is 1.23 bits per heavy atom. The third-order valence-electron chi connectivity index (χ3n) is 3.82. The summed E-state index contributed by atoms with van der Waals surface area (Å²) in [5.41, 5.74) is 2.61. The molecule has 1 unspecified atom stereocenters. The Morgan fingerprint density at radius 3 is 2.73 bits per heavy atom. The number of hydrogen-bond donors (Lipinski definition) is 1. The third-order valence-corrected chi connectivity index (χ3v) is 4.56. The van der Waals surface area contributed by atoms with Crippen LogP contribution in [0.3, 0.4) is 0 Å². The lowest BCUT2D eigenvalue weighted by atomic mass is 10.1. The quantitative estimate of drug-likeness (QED) is 0.760. The summed E-state index contributed by atoms with van der Waals surface area (Å²) in [4.78, 5) is 2.49. The van der Waals surface area contributed by atoms with Gasteiger partial charge in [-0.15, -0.1) is 0 Å². The van der Waals surface area contributed by atoms with E-state index in [0.29, 0.717) is 12.6 Å². The minimum absolute atomic E-state index is 0.0430. The van der Waals surface area contributed by atoms with Gasteiger partial charge in [-0.3, -0.25) is 4.90 Å². The van der Waals surface area contributed by atoms with Gasteiger partial charge in [0.2, 0.25) is 0 Å². The molecule has 1 heterocycles. The number of thiophene rings is 1. The topological polar surface area (TPSA) is 32.7 Å². The Labute approximate surface area is 137 Å². The van der Waals surface area contributed by atoms with Gasteiger partial charge in [-0.05, 0) is 53.4 Å². The Morgan fingerprint density at radius 2 is 2.05 bits per heavy atom. The smallest absolute Gasteiger partial charge is 0.119 e. The summed E-state index contributed by atoms with van der Waals surface area (Å²) >= 11 is 1.75. The zero-order chi connectivity index (χ0) is 15.8. The van der Waals surface area contributed by atoms with E-state index in [-0.39, 0.29) is 6.61 Å². The maximum absolute atomic E-state index is 8.86. The fraction of sp³-hybridized carbons (Fsp3) is 0.444. The van der Waals surface area contributed by atoms with Gasteiger partial charge in [0.05, 0.1) is 6.61 Å². The van der Waals surface area contributed by atoms with Crippen LogP contribution in [-0.4, -0.2) is 29.3 Å². The zero-order valence-electron chi connectivity index (χ0n) is 13.4. The molecule has 0 saturated heterocycles. The Hall–Kier alpha value is -1.36. The van der Waals surface area contributed by atoms with Gasteiger partial charge in [-0.1, -0.05) is 19.1 Å². The molecule has 0 fully saturated rings. The van der Waals surface area contributed by atoms with Gasteiger partial charge in [-0.2, -0.15) is 11.3 Å². The van der Waals surface area contributed by atoms with Crippen molar-refractivity contribution in [2.24, 2.45) is 0 Å². The monoisotopic (exact) mass is 319 g/mol. The molecule has 1 aromatic carbocycles. The van der Waals surface area contributed by atoms with Gasteiger partial charge in [-0.25, -0.2) is 0 Å². The van der Waals surface area contributed by atoms with Gasteiger partial charge in [0, 0.05) is 19.1 Å². The molecular weight excluding hydrogens is 294 g/mol. The first-order valence-electron chi connectivity index (χ1n) is 7.80. The average Bonchev–Trinajstić information content (AvgIpc) is 3.05. The molecule has 0 radical (unpaired) electrons. The molecule has 1 atom stereocenters. The van der Waals surface area contributed by atoms with Crippen molar-refractivity contribution in [3.8, 4) is 5.75 Å². The molecule has 22 heavy (non-hydrogen) atoms. The molecular formula is C18H25NO2S. The van der Waals surface area contributed by atoms with E-state index in [1.54, 1.807) is 11.3 Å². The lowest BCUT2D eigenvalue weighted by Crippen LogP contribution is -2.31. The number of ether oxygens (including phenoxy) is 1. The van der Waals surface area contributed by atoms with Crippen LogP contribution in [0.4, 0.5) is 0 Å². The molecule has 4 heteroatoms. The van der Waals surface area contributed by atoms with Crippen LogP contribution in [0.2, 0.25) is 0 Å². The summed E-state index contributed by atoms with van der Waals surface area (Å²) in [6, 6.07) is 10.9. The second-order valence-corrected chi connectivity index (χ2v) is 6.29. The van der Waals surface area contributed by atoms with E-state index in [2.05, 4.69) is 47.7 Å². The van der Waals surface area contributed by atoms with Crippen LogP contribution in [0, 0.1) is 0 Å². The lowest BCUT2D eigenvalue weighted by Gasteiger charge is -2.28. The predicted octanol–water partition coefficient (Wildman–Crippen LogP) is 3.92. The van der Waals surface area contributed by atoms with Crippen LogP contribution in [-0.2, 0) is 13.1 Å². The van der Waals surface area contributed by atoms with Crippen molar-refractivity contribution in [1.29, 1.82) is 0 Å². The molecule has 1 aromatic heterocycles. The van der Waals surface area contributed by atoms with E-state index < -0.39 is 0 Å². The van der Waals surface area contributed by atoms with E-state index in [0.717, 1.165) is 25.3 Å². The lowest BCUT2D eigenvalue weighted by molar-refractivity contribution is 0.185. The predicted molar refractivity (Wildman–Crippen MR) is 92.3 cm³/mol. The van der Waals surface area contributed by atoms with E-state index in [1.807, 2.05) is 12.1 Å². The molecule has 2 rings (SSSR count). The molecule has 1 N–H and O–H groups in total. The molecule has 0 spiro atoms. The molecule has 2 aromatic rings. The Kier molecular flexibility index (Phi) is 6.90. The fourth-order valence-corrected chi connectivity index (χ4v) is 3.03. The number of aliphatic hydroxyl groups is 1.